The third-order valence-electron chi connectivity index (χ3n) is 7.00. The van der Waals surface area contributed by atoms with Crippen LogP contribution in [0.1, 0.15) is 71.4 Å². The highest BCUT2D eigenvalue weighted by Crippen LogP contribution is 2.29. The van der Waals surface area contributed by atoms with E-state index < -0.39 is 5.54 Å². The summed E-state index contributed by atoms with van der Waals surface area (Å²) in [5, 5.41) is 7.56. The van der Waals surface area contributed by atoms with Crippen molar-refractivity contribution in [3.8, 4) is 0 Å². The highest BCUT2D eigenvalue weighted by Gasteiger charge is 2.38. The molecule has 11 heteroatoms. The van der Waals surface area contributed by atoms with E-state index in [0.717, 1.165) is 17.1 Å². The third kappa shape index (κ3) is 6.02. The summed E-state index contributed by atoms with van der Waals surface area (Å²) >= 11 is 0. The van der Waals surface area contributed by atoms with E-state index >= 15 is 0 Å². The minimum atomic E-state index is -0.486. The molecule has 4 rings (SSSR count). The van der Waals surface area contributed by atoms with Crippen molar-refractivity contribution >= 4 is 23.5 Å². The van der Waals surface area contributed by atoms with E-state index in [4.69, 9.17) is 9.72 Å². The fourth-order valence-corrected chi connectivity index (χ4v) is 5.02. The normalized spacial score (nSPS) is 15.0. The molecule has 0 aromatic carbocycles. The van der Waals surface area contributed by atoms with Crippen molar-refractivity contribution < 1.29 is 14.3 Å². The van der Waals surface area contributed by atoms with E-state index in [1.165, 1.54) is 7.11 Å². The van der Waals surface area contributed by atoms with Gasteiger partial charge in [-0.05, 0) is 51.3 Å². The van der Waals surface area contributed by atoms with Crippen LogP contribution in [0.3, 0.4) is 0 Å². The second-order valence-corrected chi connectivity index (χ2v) is 10.8. The number of methoxy groups -OCH3 is 1. The van der Waals surface area contributed by atoms with E-state index in [1.54, 1.807) is 12.4 Å². The van der Waals surface area contributed by atoms with Crippen molar-refractivity contribution in [2.45, 2.75) is 59.5 Å². The number of esters is 1. The predicted molar refractivity (Wildman–Crippen MR) is 149 cm³/mol. The molecule has 0 bridgehead atoms. The van der Waals surface area contributed by atoms with Crippen LogP contribution in [0.15, 0.2) is 30.7 Å². The average Bonchev–Trinajstić information content (AvgIpc) is 3.40. The average molecular weight is 535 g/mol. The Morgan fingerprint density at radius 3 is 2.56 bits per heavy atom. The lowest BCUT2D eigenvalue weighted by Gasteiger charge is -2.47. The van der Waals surface area contributed by atoms with Crippen molar-refractivity contribution in [2.24, 2.45) is 0 Å². The molecule has 0 unspecified atom stereocenters. The van der Waals surface area contributed by atoms with Crippen LogP contribution in [0.5, 0.6) is 0 Å². The van der Waals surface area contributed by atoms with Gasteiger partial charge in [0.15, 0.2) is 0 Å². The Morgan fingerprint density at radius 2 is 1.95 bits per heavy atom. The minimum absolute atomic E-state index is 0.0906. The number of hydrogen-bond acceptors (Lipinski definition) is 9. The molecule has 1 fully saturated rings. The molecule has 1 aliphatic heterocycles. The maximum absolute atomic E-state index is 13.7. The number of pyridine rings is 1. The first-order chi connectivity index (χ1) is 18.5. The zero-order chi connectivity index (χ0) is 28.3. The fourth-order valence-electron chi connectivity index (χ4n) is 5.02. The molecule has 1 saturated heterocycles. The van der Waals surface area contributed by atoms with Gasteiger partial charge in [-0.15, -0.1) is 0 Å². The number of nitrogens with one attached hydrogen (secondary N) is 1. The summed E-state index contributed by atoms with van der Waals surface area (Å²) in [7, 11) is 1.37. The van der Waals surface area contributed by atoms with Gasteiger partial charge in [0.25, 0.3) is 5.91 Å². The second-order valence-electron chi connectivity index (χ2n) is 10.8. The summed E-state index contributed by atoms with van der Waals surface area (Å²) in [6.45, 7) is 14.9. The van der Waals surface area contributed by atoms with Crippen molar-refractivity contribution in [3.05, 3.63) is 58.9 Å². The van der Waals surface area contributed by atoms with Crippen LogP contribution in [0.4, 0.5) is 11.6 Å². The molecule has 11 nitrogen and oxygen atoms in total. The quantitative estimate of drug-likeness (QED) is 0.434. The Kier molecular flexibility index (Phi) is 8.17. The lowest BCUT2D eigenvalue weighted by atomic mass is 9.97. The Hall–Kier alpha value is -4.02. The molecular weight excluding hydrogens is 496 g/mol. The van der Waals surface area contributed by atoms with Gasteiger partial charge in [0.2, 0.25) is 0 Å². The van der Waals surface area contributed by atoms with Gasteiger partial charge < -0.3 is 19.9 Å². The molecule has 4 heterocycles. The summed E-state index contributed by atoms with van der Waals surface area (Å²) in [6.07, 6.45) is 5.23. The van der Waals surface area contributed by atoms with Gasteiger partial charge >= 0.3 is 5.97 Å². The van der Waals surface area contributed by atoms with Crippen molar-refractivity contribution in [3.63, 3.8) is 0 Å². The topological polar surface area (TPSA) is 118 Å². The number of nitrogens with zero attached hydrogens (tertiary/aromatic N) is 7. The lowest BCUT2D eigenvalue weighted by Crippen LogP contribution is -2.61. The zero-order valence-electron chi connectivity index (χ0n) is 23.9. The van der Waals surface area contributed by atoms with Gasteiger partial charge in [0.1, 0.15) is 17.3 Å². The van der Waals surface area contributed by atoms with E-state index in [1.807, 2.05) is 69.5 Å². The maximum Gasteiger partial charge on any atom is 0.339 e. The number of piperazine rings is 1. The SMILES string of the molecule is COC(=O)c1c(C)cc(N2CCN(C(=O)c3cnc(NCCn4cccn4)c(C(C)C)n3)C(C)(C)C2)nc1C. The second kappa shape index (κ2) is 11.4. The van der Waals surface area contributed by atoms with Gasteiger partial charge in [-0.2, -0.15) is 5.10 Å². The van der Waals surface area contributed by atoms with E-state index in [2.05, 4.69) is 25.3 Å². The number of carbonyl (C=O) groups excluding carboxylic acids is 2. The summed E-state index contributed by atoms with van der Waals surface area (Å²) in [6, 6.07) is 3.80. The van der Waals surface area contributed by atoms with Gasteiger partial charge in [-0.3, -0.25) is 9.48 Å². The van der Waals surface area contributed by atoms with Gasteiger partial charge in [-0.25, -0.2) is 19.7 Å². The standard InChI is InChI=1S/C28H38N8O3/c1-18(2)24-25(29-10-12-35-11-8-9-31-35)30-16-21(33-24)26(37)36-14-13-34(17-28(36,5)6)22-15-19(3)23(20(4)32-22)27(38)39-7/h8-9,11,15-16,18H,10,12-14,17H2,1-7H3,(H,29,30). The first-order valence-corrected chi connectivity index (χ1v) is 13.2. The number of aryl methyl sites for hydroxylation is 2. The van der Waals surface area contributed by atoms with Crippen LogP contribution in [0.2, 0.25) is 0 Å². The van der Waals surface area contributed by atoms with E-state index in [-0.39, 0.29) is 17.8 Å². The largest absolute Gasteiger partial charge is 0.465 e. The third-order valence-corrected chi connectivity index (χ3v) is 7.00. The maximum atomic E-state index is 13.7. The Balaban J connectivity index is 1.49. The molecule has 3 aromatic heterocycles. The number of carbonyl (C=O) groups is 2. The van der Waals surface area contributed by atoms with E-state index in [9.17, 15) is 9.59 Å². The van der Waals surface area contributed by atoms with Crippen molar-refractivity contribution in [1.82, 2.24) is 29.6 Å². The summed E-state index contributed by atoms with van der Waals surface area (Å²) in [4.78, 5) is 43.9. The van der Waals surface area contributed by atoms with Crippen LogP contribution >= 0.6 is 0 Å². The Labute approximate surface area is 229 Å². The zero-order valence-corrected chi connectivity index (χ0v) is 23.9. The van der Waals surface area contributed by atoms with Gasteiger partial charge in [0, 0.05) is 38.6 Å². The number of rotatable bonds is 8. The Morgan fingerprint density at radius 1 is 1.18 bits per heavy atom. The molecule has 208 valence electrons. The molecule has 1 aliphatic rings. The predicted octanol–water partition coefficient (Wildman–Crippen LogP) is 3.45. The number of aromatic nitrogens is 5. The van der Waals surface area contributed by atoms with E-state index in [0.29, 0.717) is 55.5 Å². The van der Waals surface area contributed by atoms with Crippen LogP contribution in [0.25, 0.3) is 0 Å². The van der Waals surface area contributed by atoms with Gasteiger partial charge in [0.05, 0.1) is 42.3 Å². The summed E-state index contributed by atoms with van der Waals surface area (Å²) in [5.74, 6) is 1.03. The van der Waals surface area contributed by atoms with Crippen LogP contribution in [0, 0.1) is 13.8 Å². The van der Waals surface area contributed by atoms with Crippen LogP contribution < -0.4 is 10.2 Å². The van der Waals surface area contributed by atoms with Crippen LogP contribution in [-0.2, 0) is 11.3 Å². The molecule has 39 heavy (non-hydrogen) atoms. The number of hydrogen-bond donors (Lipinski definition) is 1. The molecule has 0 atom stereocenters. The first-order valence-electron chi connectivity index (χ1n) is 13.2. The monoisotopic (exact) mass is 534 g/mol. The Bertz CT molecular complexity index is 1310. The molecule has 3 aromatic rings. The first kappa shape index (κ1) is 28.0. The summed E-state index contributed by atoms with van der Waals surface area (Å²) in [5.41, 5.74) is 2.55. The van der Waals surface area contributed by atoms with Crippen molar-refractivity contribution in [2.75, 3.05) is 43.5 Å². The molecular formula is C28H38N8O3. The number of anilines is 2. The summed E-state index contributed by atoms with van der Waals surface area (Å²) < 4.78 is 6.76. The molecule has 0 radical (unpaired) electrons. The smallest absolute Gasteiger partial charge is 0.339 e. The highest BCUT2D eigenvalue weighted by atomic mass is 16.5. The minimum Gasteiger partial charge on any atom is -0.465 e. The van der Waals surface area contributed by atoms with Crippen molar-refractivity contribution in [1.29, 1.82) is 0 Å². The molecule has 0 saturated carbocycles. The molecule has 0 spiro atoms. The number of amides is 1. The lowest BCUT2D eigenvalue weighted by molar-refractivity contribution is 0.0505. The highest BCUT2D eigenvalue weighted by molar-refractivity contribution is 5.93. The number of ether oxygens (including phenoxy) is 1. The fraction of sp³-hybridized carbons (Fsp3) is 0.500. The van der Waals surface area contributed by atoms with Gasteiger partial charge in [-0.1, -0.05) is 13.8 Å². The molecule has 1 amide bonds. The van der Waals surface area contributed by atoms with Crippen LogP contribution in [-0.4, -0.2) is 80.3 Å². The molecule has 0 aliphatic carbocycles. The molecule has 1 N–H and O–H groups in total.